The van der Waals surface area contributed by atoms with Crippen LogP contribution in [0.1, 0.15) is 5.56 Å². The van der Waals surface area contributed by atoms with Crippen LogP contribution >= 0.6 is 0 Å². The number of nitrogens with one attached hydrogen (secondary N) is 1. The molecule has 5 aromatic rings. The van der Waals surface area contributed by atoms with E-state index in [4.69, 9.17) is 5.26 Å². The molecule has 1 aromatic heterocycles. The lowest BCUT2D eigenvalue weighted by Gasteiger charge is -2.14. The highest BCUT2D eigenvalue weighted by molar-refractivity contribution is 5.90. The van der Waals surface area contributed by atoms with Crippen molar-refractivity contribution < 1.29 is 0 Å². The first-order chi connectivity index (χ1) is 14.8. The van der Waals surface area contributed by atoms with E-state index >= 15 is 0 Å². The van der Waals surface area contributed by atoms with Gasteiger partial charge in [0.2, 0.25) is 5.95 Å². The summed E-state index contributed by atoms with van der Waals surface area (Å²) in [6, 6.07) is 30.9. The maximum Gasteiger partial charge on any atom is 0.227 e. The van der Waals surface area contributed by atoms with Crippen LogP contribution in [0.3, 0.4) is 0 Å². The summed E-state index contributed by atoms with van der Waals surface area (Å²) in [6.45, 7) is 0. The Balaban J connectivity index is 1.60. The summed E-state index contributed by atoms with van der Waals surface area (Å²) < 4.78 is 0. The van der Waals surface area contributed by atoms with Gasteiger partial charge in [0.05, 0.1) is 18.0 Å². The monoisotopic (exact) mass is 386 g/mol. The van der Waals surface area contributed by atoms with Gasteiger partial charge >= 0.3 is 0 Å². The molecule has 0 atom stereocenters. The number of benzene rings is 4. The molecule has 0 unspecified atom stereocenters. The molecule has 0 spiro atoms. The molecule has 0 fully saturated rings. The maximum atomic E-state index is 9.14. The van der Waals surface area contributed by atoms with Gasteiger partial charge in [0.15, 0.2) is 0 Å². The number of nitriles is 1. The molecule has 0 radical (unpaired) electrons. The number of hydrogen-bond acceptors (Lipinski definition) is 4. The van der Waals surface area contributed by atoms with Gasteiger partial charge in [-0.2, -0.15) is 5.26 Å². The second kappa shape index (κ2) is 7.65. The number of anilines is 2. The summed E-state index contributed by atoms with van der Waals surface area (Å²) in [5, 5.41) is 15.9. The van der Waals surface area contributed by atoms with Gasteiger partial charge in [0, 0.05) is 22.8 Å². The zero-order chi connectivity index (χ0) is 20.3. The van der Waals surface area contributed by atoms with Crippen LogP contribution < -0.4 is 5.32 Å². The van der Waals surface area contributed by atoms with Crippen molar-refractivity contribution in [3.8, 4) is 17.2 Å². The van der Waals surface area contributed by atoms with Crippen molar-refractivity contribution in [1.82, 2.24) is 9.97 Å². The van der Waals surface area contributed by atoms with Crippen molar-refractivity contribution in [2.75, 3.05) is 5.32 Å². The molecule has 30 heavy (non-hydrogen) atoms. The van der Waals surface area contributed by atoms with Crippen LogP contribution in [0.15, 0.2) is 91.1 Å². The van der Waals surface area contributed by atoms with E-state index in [0.717, 1.165) is 33.3 Å². The van der Waals surface area contributed by atoms with Crippen molar-refractivity contribution in [2.45, 2.75) is 6.42 Å². The van der Waals surface area contributed by atoms with E-state index in [2.05, 4.69) is 57.8 Å². The number of rotatable bonds is 4. The fourth-order valence-corrected chi connectivity index (χ4v) is 3.65. The molecule has 0 aliphatic carbocycles. The third-order valence-electron chi connectivity index (χ3n) is 5.16. The average molecular weight is 386 g/mol. The van der Waals surface area contributed by atoms with Crippen molar-refractivity contribution in [1.29, 1.82) is 5.26 Å². The third kappa shape index (κ3) is 3.45. The highest BCUT2D eigenvalue weighted by Gasteiger charge is 2.10. The van der Waals surface area contributed by atoms with Gasteiger partial charge in [-0.3, -0.25) is 0 Å². The van der Waals surface area contributed by atoms with E-state index < -0.39 is 0 Å². The van der Waals surface area contributed by atoms with Gasteiger partial charge in [-0.05, 0) is 46.2 Å². The summed E-state index contributed by atoms with van der Waals surface area (Å²) in [5.41, 5.74) is 4.87. The first kappa shape index (κ1) is 17.8. The van der Waals surface area contributed by atoms with Crippen molar-refractivity contribution >= 4 is 33.3 Å². The topological polar surface area (TPSA) is 61.6 Å². The van der Waals surface area contributed by atoms with E-state index in [-0.39, 0.29) is 0 Å². The SMILES string of the molecule is N#CCc1ccc(Nc2ncc3ccccc3n2)c(-c2ccc3ccccc3c2)c1. The minimum atomic E-state index is 0.368. The lowest BCUT2D eigenvalue weighted by molar-refractivity contribution is 1.21. The Hall–Kier alpha value is -4.23. The van der Waals surface area contributed by atoms with Crippen molar-refractivity contribution in [3.05, 3.63) is 96.7 Å². The molecule has 0 aliphatic rings. The molecule has 1 heterocycles. The predicted octanol–water partition coefficient (Wildman–Crippen LogP) is 6.26. The molecule has 4 heteroatoms. The number of hydrogen-bond donors (Lipinski definition) is 1. The Bertz CT molecular complexity index is 1420. The van der Waals surface area contributed by atoms with Gasteiger partial charge in [0.1, 0.15) is 0 Å². The van der Waals surface area contributed by atoms with Crippen LogP contribution in [-0.4, -0.2) is 9.97 Å². The van der Waals surface area contributed by atoms with Crippen molar-refractivity contribution in [2.24, 2.45) is 0 Å². The van der Waals surface area contributed by atoms with E-state index in [1.165, 1.54) is 10.8 Å². The minimum Gasteiger partial charge on any atom is -0.324 e. The van der Waals surface area contributed by atoms with E-state index in [9.17, 15) is 0 Å². The normalized spacial score (nSPS) is 10.8. The van der Waals surface area contributed by atoms with Crippen LogP contribution in [0.4, 0.5) is 11.6 Å². The molecule has 0 aliphatic heterocycles. The van der Waals surface area contributed by atoms with Gasteiger partial charge in [-0.25, -0.2) is 9.97 Å². The van der Waals surface area contributed by atoms with E-state index in [1.807, 2.05) is 54.7 Å². The average Bonchev–Trinajstić information content (AvgIpc) is 2.80. The minimum absolute atomic E-state index is 0.368. The van der Waals surface area contributed by atoms with Gasteiger partial charge in [-0.1, -0.05) is 60.7 Å². The van der Waals surface area contributed by atoms with Gasteiger partial charge in [0.25, 0.3) is 0 Å². The molecule has 4 nitrogen and oxygen atoms in total. The number of aromatic nitrogens is 2. The standard InChI is InChI=1S/C26H18N4/c27-14-13-18-9-12-25(30-26-28-17-22-7-3-4-8-24(22)29-26)23(15-18)21-11-10-19-5-1-2-6-20(19)16-21/h1-12,15-17H,13H2,(H,28,29,30). The van der Waals surface area contributed by atoms with E-state index in [1.54, 1.807) is 0 Å². The lowest BCUT2D eigenvalue weighted by atomic mass is 9.97. The Morgan fingerprint density at radius 1 is 0.800 bits per heavy atom. The molecular weight excluding hydrogens is 368 g/mol. The molecule has 1 N–H and O–H groups in total. The summed E-state index contributed by atoms with van der Waals surface area (Å²) in [7, 11) is 0. The fourth-order valence-electron chi connectivity index (χ4n) is 3.65. The smallest absolute Gasteiger partial charge is 0.227 e. The number of para-hydroxylation sites is 1. The van der Waals surface area contributed by atoms with Gasteiger partial charge in [-0.15, -0.1) is 0 Å². The third-order valence-corrected chi connectivity index (χ3v) is 5.16. The molecule has 0 amide bonds. The summed E-state index contributed by atoms with van der Waals surface area (Å²) in [4.78, 5) is 9.11. The second-order valence-electron chi connectivity index (χ2n) is 7.15. The van der Waals surface area contributed by atoms with Crippen LogP contribution in [-0.2, 0) is 6.42 Å². The van der Waals surface area contributed by atoms with Crippen LogP contribution in [0.5, 0.6) is 0 Å². The Labute approximate surface area is 174 Å². The largest absolute Gasteiger partial charge is 0.324 e. The Kier molecular flexibility index (Phi) is 4.55. The highest BCUT2D eigenvalue weighted by Crippen LogP contribution is 2.33. The summed E-state index contributed by atoms with van der Waals surface area (Å²) >= 11 is 0. The molecular formula is C26H18N4. The maximum absolute atomic E-state index is 9.14. The number of fused-ring (bicyclic) bond motifs is 2. The first-order valence-corrected chi connectivity index (χ1v) is 9.78. The quantitative estimate of drug-likeness (QED) is 0.396. The first-order valence-electron chi connectivity index (χ1n) is 9.78. The summed E-state index contributed by atoms with van der Waals surface area (Å²) in [5.74, 6) is 0.545. The Morgan fingerprint density at radius 3 is 2.47 bits per heavy atom. The Morgan fingerprint density at radius 2 is 1.60 bits per heavy atom. The fraction of sp³-hybridized carbons (Fsp3) is 0.0385. The molecule has 0 saturated heterocycles. The van der Waals surface area contributed by atoms with Crippen LogP contribution in [0, 0.1) is 11.3 Å². The second-order valence-corrected chi connectivity index (χ2v) is 7.15. The highest BCUT2D eigenvalue weighted by atomic mass is 15.1. The van der Waals surface area contributed by atoms with Crippen LogP contribution in [0.2, 0.25) is 0 Å². The number of nitrogens with zero attached hydrogens (tertiary/aromatic N) is 3. The molecule has 142 valence electrons. The summed E-state index contributed by atoms with van der Waals surface area (Å²) in [6.07, 6.45) is 2.19. The van der Waals surface area contributed by atoms with Crippen molar-refractivity contribution in [3.63, 3.8) is 0 Å². The predicted molar refractivity (Wildman–Crippen MR) is 122 cm³/mol. The van der Waals surface area contributed by atoms with Crippen LogP contribution in [0.25, 0.3) is 32.8 Å². The zero-order valence-corrected chi connectivity index (χ0v) is 16.2. The van der Waals surface area contributed by atoms with E-state index in [0.29, 0.717) is 12.4 Å². The lowest BCUT2D eigenvalue weighted by Crippen LogP contribution is -1.99. The molecule has 0 saturated carbocycles. The molecule has 4 aromatic carbocycles. The zero-order valence-electron chi connectivity index (χ0n) is 16.2. The molecule has 5 rings (SSSR count). The van der Waals surface area contributed by atoms with Gasteiger partial charge < -0.3 is 5.32 Å². The molecule has 0 bridgehead atoms.